The highest BCUT2D eigenvalue weighted by molar-refractivity contribution is 7.91. The number of halogens is 34. The summed E-state index contributed by atoms with van der Waals surface area (Å²) in [5, 5.41) is 0. The molecule has 0 bridgehead atoms. The third kappa shape index (κ3) is 8.93. The van der Waals surface area contributed by atoms with Crippen molar-refractivity contribution < 1.29 is 167 Å². The SMILES string of the molecule is Nc1cc(S(=O)(=O)c2ccc(OC(F)=C(F)C(F)(F)C(F)(F)C(F)(F)C(F)(F)C(F)(F)C(F)(F)C(F)(F)F)c(N)c2)ccc1OC(F)=C(F)C(F)(F)C(F)(F)C(F)(F)C(F)(F)C(F)(F)C(F)(F)C(F)(F)F. The second-order valence-corrected chi connectivity index (χ2v) is 15.1. The monoisotopic (exact) mass is 1140 g/mol. The van der Waals surface area contributed by atoms with Gasteiger partial charge in [-0.05, 0) is 36.4 Å². The molecule has 0 spiro atoms. The van der Waals surface area contributed by atoms with E-state index in [9.17, 15) is 158 Å². The molecule has 0 amide bonds. The first-order chi connectivity index (χ1) is 30.9. The molecule has 71 heavy (non-hydrogen) atoms. The van der Waals surface area contributed by atoms with E-state index in [4.69, 9.17) is 11.5 Å². The van der Waals surface area contributed by atoms with Gasteiger partial charge in [-0.1, -0.05) is 0 Å². The van der Waals surface area contributed by atoms with Gasteiger partial charge in [-0.15, -0.1) is 0 Å². The molecule has 0 atom stereocenters. The molecule has 0 heterocycles. The topological polar surface area (TPSA) is 105 Å². The molecular formula is C30H10F34N2O4S. The fraction of sp³-hybridized carbons (Fsp3) is 0.467. The van der Waals surface area contributed by atoms with Crippen molar-refractivity contribution in [3.8, 4) is 11.5 Å². The van der Waals surface area contributed by atoms with Crippen LogP contribution in [-0.4, -0.2) is 91.8 Å². The maximum Gasteiger partial charge on any atom is 0.460 e. The number of allylic oxidation sites excluding steroid dienone is 2. The van der Waals surface area contributed by atoms with E-state index in [1.807, 2.05) is 0 Å². The minimum Gasteiger partial charge on any atom is -0.427 e. The molecule has 0 unspecified atom stereocenters. The van der Waals surface area contributed by atoms with Crippen LogP contribution in [-0.2, 0) is 9.84 Å². The van der Waals surface area contributed by atoms with E-state index < -0.39 is 150 Å². The maximum atomic E-state index is 14.3. The first kappa shape index (κ1) is 61.8. The maximum absolute atomic E-state index is 14.3. The first-order valence-electron chi connectivity index (χ1n) is 16.0. The average Bonchev–Trinajstić information content (AvgIpc) is 3.19. The molecule has 41 heteroatoms. The zero-order chi connectivity index (χ0) is 56.9. The Morgan fingerprint density at radius 2 is 0.563 bits per heavy atom. The number of nitrogen functional groups attached to an aromatic ring is 2. The number of rotatable bonds is 18. The van der Waals surface area contributed by atoms with Crippen LogP contribution in [0.4, 0.5) is 161 Å². The summed E-state index contributed by atoms with van der Waals surface area (Å²) in [7, 11) is -5.46. The van der Waals surface area contributed by atoms with Gasteiger partial charge in [-0.25, -0.2) is 8.42 Å². The van der Waals surface area contributed by atoms with E-state index in [0.29, 0.717) is 0 Å². The van der Waals surface area contributed by atoms with E-state index in [2.05, 4.69) is 9.47 Å². The largest absolute Gasteiger partial charge is 0.460 e. The zero-order valence-corrected chi connectivity index (χ0v) is 32.3. The van der Waals surface area contributed by atoms with Crippen molar-refractivity contribution in [3.05, 3.63) is 60.1 Å². The van der Waals surface area contributed by atoms with E-state index >= 15 is 0 Å². The lowest BCUT2D eigenvalue weighted by atomic mass is 9.91. The van der Waals surface area contributed by atoms with Gasteiger partial charge in [0.15, 0.2) is 11.5 Å². The Bertz CT molecular complexity index is 2360. The van der Waals surface area contributed by atoms with Crippen LogP contribution in [0.2, 0.25) is 0 Å². The molecule has 6 nitrogen and oxygen atoms in total. The number of hydrogen-bond acceptors (Lipinski definition) is 6. The molecule has 408 valence electrons. The van der Waals surface area contributed by atoms with E-state index in [-0.39, 0.29) is 36.4 Å². The number of benzene rings is 2. The van der Waals surface area contributed by atoms with Gasteiger partial charge in [0.25, 0.3) is 0 Å². The van der Waals surface area contributed by atoms with Gasteiger partial charge in [0.1, 0.15) is 0 Å². The van der Waals surface area contributed by atoms with Crippen LogP contribution in [0.1, 0.15) is 0 Å². The Hall–Kier alpha value is -5.31. The molecule has 2 aromatic carbocycles. The Balaban J connectivity index is 2.54. The molecule has 0 aliphatic carbocycles. The summed E-state index contributed by atoms with van der Waals surface area (Å²) in [6.45, 7) is 0. The van der Waals surface area contributed by atoms with Crippen molar-refractivity contribution in [2.45, 2.75) is 93.2 Å². The molecule has 0 radical (unpaired) electrons. The number of anilines is 2. The zero-order valence-electron chi connectivity index (χ0n) is 31.5. The summed E-state index contributed by atoms with van der Waals surface area (Å²) in [4.78, 5) is -2.88. The Kier molecular flexibility index (Phi) is 15.2. The molecule has 2 aromatic rings. The number of alkyl halides is 30. The number of hydrogen-bond donors (Lipinski definition) is 2. The third-order valence-electron chi connectivity index (χ3n) is 8.53. The molecule has 0 saturated carbocycles. The minimum atomic E-state index is -8.94. The molecule has 2 rings (SSSR count). The quantitative estimate of drug-likeness (QED) is 0.0875. The lowest BCUT2D eigenvalue weighted by Gasteiger charge is -2.41. The normalized spacial score (nSPS) is 16.1. The van der Waals surface area contributed by atoms with Crippen molar-refractivity contribution in [2.75, 3.05) is 11.5 Å². The highest BCUT2D eigenvalue weighted by atomic mass is 32.2. The van der Waals surface area contributed by atoms with E-state index in [1.54, 1.807) is 0 Å². The van der Waals surface area contributed by atoms with Crippen LogP contribution in [0.3, 0.4) is 0 Å². The third-order valence-corrected chi connectivity index (χ3v) is 10.3. The van der Waals surface area contributed by atoms with Gasteiger partial charge in [-0.2, -0.15) is 149 Å². The average molecular weight is 1140 g/mol. The Labute approximate surface area is 365 Å². The molecule has 4 N–H and O–H groups in total. The Morgan fingerprint density at radius 1 is 0.352 bits per heavy atom. The molecule has 0 aliphatic heterocycles. The van der Waals surface area contributed by atoms with Crippen molar-refractivity contribution in [1.82, 2.24) is 0 Å². The Morgan fingerprint density at radius 3 is 0.775 bits per heavy atom. The first-order valence-corrected chi connectivity index (χ1v) is 17.5. The predicted octanol–water partition coefficient (Wildman–Crippen LogP) is 13.4. The van der Waals surface area contributed by atoms with Gasteiger partial charge in [0.2, 0.25) is 21.5 Å². The second-order valence-electron chi connectivity index (χ2n) is 13.2. The lowest BCUT2D eigenvalue weighted by molar-refractivity contribution is -0.451. The van der Waals surface area contributed by atoms with Crippen LogP contribution in [0.15, 0.2) is 69.9 Å². The summed E-state index contributed by atoms with van der Waals surface area (Å²) in [5.41, 5.74) is 7.06. The van der Waals surface area contributed by atoms with E-state index in [0.717, 1.165) is 0 Å². The summed E-state index contributed by atoms with van der Waals surface area (Å²) in [6, 6.07) is -8.92. The molecular weight excluding hydrogens is 1130 g/mol. The summed E-state index contributed by atoms with van der Waals surface area (Å²) >= 11 is 0. The molecule has 0 aromatic heterocycles. The lowest BCUT2D eigenvalue weighted by Crippen LogP contribution is -2.72. The summed E-state index contributed by atoms with van der Waals surface area (Å²) in [6.07, 6.45) is -16.0. The summed E-state index contributed by atoms with van der Waals surface area (Å²) in [5.74, 6) is -117. The molecule has 0 fully saturated rings. The van der Waals surface area contributed by atoms with Crippen molar-refractivity contribution in [3.63, 3.8) is 0 Å². The van der Waals surface area contributed by atoms with Gasteiger partial charge in [-0.3, -0.25) is 0 Å². The second kappa shape index (κ2) is 17.4. The minimum absolute atomic E-state index is 0.0589. The molecule has 0 saturated heterocycles. The number of ether oxygens (including phenoxy) is 2. The highest BCUT2D eigenvalue weighted by Crippen LogP contribution is 2.65. The standard InChI is InChI=1S/C30H10F34N2O4S/c31-13(17(35,36)19(39,40)21(43,44)23(47,48)25(51,52)27(55,56)29(59,60)61)15(33)69-11-3-1-7(5-9(11)65)71(67,68)8-2-4-12(10(66)6-8)70-16(34)14(32)18(37,38)20(41,42)22(45,46)24(49,50)26(53,54)28(57,58)30(62,63)64/h1-6H,65-66H2. The van der Waals surface area contributed by atoms with E-state index in [1.165, 1.54) is 0 Å². The highest BCUT2D eigenvalue weighted by Gasteiger charge is 2.95. The van der Waals surface area contributed by atoms with Gasteiger partial charge < -0.3 is 20.9 Å². The number of sulfone groups is 1. The van der Waals surface area contributed by atoms with Gasteiger partial charge >= 0.3 is 95.4 Å². The summed E-state index contributed by atoms with van der Waals surface area (Å²) < 4.78 is 491. The van der Waals surface area contributed by atoms with Crippen molar-refractivity contribution >= 4 is 21.2 Å². The van der Waals surface area contributed by atoms with Crippen molar-refractivity contribution in [1.29, 1.82) is 0 Å². The van der Waals surface area contributed by atoms with Crippen LogP contribution < -0.4 is 20.9 Å². The predicted molar refractivity (Wildman–Crippen MR) is 158 cm³/mol. The molecule has 0 aliphatic rings. The van der Waals surface area contributed by atoms with Gasteiger partial charge in [0, 0.05) is 0 Å². The van der Waals surface area contributed by atoms with Crippen LogP contribution in [0.5, 0.6) is 11.5 Å². The van der Waals surface area contributed by atoms with Crippen molar-refractivity contribution in [2.24, 2.45) is 0 Å². The number of nitrogens with two attached hydrogens (primary N) is 2. The van der Waals surface area contributed by atoms with Gasteiger partial charge in [0.05, 0.1) is 21.2 Å². The van der Waals surface area contributed by atoms with Crippen LogP contribution in [0, 0.1) is 0 Å². The van der Waals surface area contributed by atoms with Crippen LogP contribution in [0.25, 0.3) is 0 Å². The fourth-order valence-electron chi connectivity index (χ4n) is 4.45. The smallest absolute Gasteiger partial charge is 0.427 e. The fourth-order valence-corrected chi connectivity index (χ4v) is 5.78. The van der Waals surface area contributed by atoms with Crippen LogP contribution >= 0.6 is 0 Å².